The van der Waals surface area contributed by atoms with Crippen molar-refractivity contribution in [2.24, 2.45) is 5.41 Å². The second-order valence-corrected chi connectivity index (χ2v) is 10.3. The van der Waals surface area contributed by atoms with E-state index in [4.69, 9.17) is 9.47 Å². The van der Waals surface area contributed by atoms with Crippen molar-refractivity contribution in [3.05, 3.63) is 59.7 Å². The average molecular weight is 481 g/mol. The van der Waals surface area contributed by atoms with Gasteiger partial charge in [-0.2, -0.15) is 0 Å². The van der Waals surface area contributed by atoms with Crippen LogP contribution in [0.25, 0.3) is 11.1 Å². The van der Waals surface area contributed by atoms with Crippen LogP contribution in [0.1, 0.15) is 50.7 Å². The number of carboxylic acid groups (broad SMARTS) is 1. The Bertz CT molecular complexity index is 1070. The van der Waals surface area contributed by atoms with Crippen LogP contribution in [-0.4, -0.2) is 54.5 Å². The zero-order valence-electron chi connectivity index (χ0n) is 20.3. The summed E-state index contributed by atoms with van der Waals surface area (Å²) in [5.74, 6) is -1.77. The molecule has 2 amide bonds. The highest BCUT2D eigenvalue weighted by molar-refractivity contribution is 5.92. The Labute approximate surface area is 205 Å². The number of carbonyl (C=O) groups excluding carboxylic acids is 2. The Balaban J connectivity index is 1.45. The standard InChI is InChI=1S/C27H32N2O6/c1-26(2,3)22(23(30)29-27(24(31)32)12-14-34-15-13-27)28-25(33)35-16-21-19-10-6-4-8-17(19)18-9-5-7-11-20(18)21/h4-11,21-22H,12-16H2,1-3H3,(H,28,33)(H,29,30)(H,31,32). The lowest BCUT2D eigenvalue weighted by atomic mass is 9.84. The molecule has 0 aromatic heterocycles. The molecule has 2 aromatic rings. The summed E-state index contributed by atoms with van der Waals surface area (Å²) in [6, 6.07) is 15.1. The molecule has 0 bridgehead atoms. The van der Waals surface area contributed by atoms with Crippen molar-refractivity contribution >= 4 is 18.0 Å². The van der Waals surface area contributed by atoms with Crippen LogP contribution in [0.5, 0.6) is 0 Å². The van der Waals surface area contributed by atoms with Crippen LogP contribution in [-0.2, 0) is 19.1 Å². The van der Waals surface area contributed by atoms with Gasteiger partial charge in [0.15, 0.2) is 0 Å². The van der Waals surface area contributed by atoms with Gasteiger partial charge in [0.25, 0.3) is 0 Å². The van der Waals surface area contributed by atoms with Gasteiger partial charge in [0, 0.05) is 32.0 Å². The Kier molecular flexibility index (Phi) is 6.85. The number of aliphatic carboxylic acids is 1. The maximum atomic E-state index is 13.2. The summed E-state index contributed by atoms with van der Waals surface area (Å²) >= 11 is 0. The molecule has 1 fully saturated rings. The van der Waals surface area contributed by atoms with Gasteiger partial charge in [-0.05, 0) is 27.7 Å². The van der Waals surface area contributed by atoms with Gasteiger partial charge < -0.3 is 25.2 Å². The fourth-order valence-corrected chi connectivity index (χ4v) is 4.85. The van der Waals surface area contributed by atoms with E-state index >= 15 is 0 Å². The van der Waals surface area contributed by atoms with Gasteiger partial charge in [-0.3, -0.25) is 4.79 Å². The molecule has 0 saturated carbocycles. The predicted octanol–water partition coefficient (Wildman–Crippen LogP) is 3.69. The highest BCUT2D eigenvalue weighted by Crippen LogP contribution is 2.44. The first kappa shape index (κ1) is 24.7. The zero-order valence-corrected chi connectivity index (χ0v) is 20.3. The molecule has 186 valence electrons. The maximum absolute atomic E-state index is 13.2. The second-order valence-electron chi connectivity index (χ2n) is 10.3. The van der Waals surface area contributed by atoms with Crippen molar-refractivity contribution in [3.8, 4) is 11.1 Å². The highest BCUT2D eigenvalue weighted by atomic mass is 16.5. The number of amides is 2. The molecule has 0 radical (unpaired) electrons. The minimum absolute atomic E-state index is 0.104. The van der Waals surface area contributed by atoms with Gasteiger partial charge in [0.05, 0.1) is 0 Å². The van der Waals surface area contributed by atoms with Gasteiger partial charge in [0.1, 0.15) is 18.2 Å². The molecule has 1 saturated heterocycles. The molecular formula is C27H32N2O6. The molecule has 1 unspecified atom stereocenters. The summed E-state index contributed by atoms with van der Waals surface area (Å²) in [4.78, 5) is 38.0. The summed E-state index contributed by atoms with van der Waals surface area (Å²) in [5.41, 5.74) is 2.34. The molecule has 2 aliphatic rings. The molecule has 2 aromatic carbocycles. The number of ether oxygens (including phenoxy) is 2. The SMILES string of the molecule is CC(C)(C)C(NC(=O)OCC1c2ccccc2-c2ccccc21)C(=O)NC1(C(=O)O)CCOCC1. The van der Waals surface area contributed by atoms with E-state index in [9.17, 15) is 19.5 Å². The first-order valence-electron chi connectivity index (χ1n) is 11.9. The minimum Gasteiger partial charge on any atom is -0.480 e. The largest absolute Gasteiger partial charge is 0.480 e. The number of carbonyl (C=O) groups is 3. The van der Waals surface area contributed by atoms with E-state index in [1.807, 2.05) is 36.4 Å². The lowest BCUT2D eigenvalue weighted by molar-refractivity contribution is -0.152. The Morgan fingerprint density at radius 1 is 1.03 bits per heavy atom. The third-order valence-corrected chi connectivity index (χ3v) is 6.85. The fourth-order valence-electron chi connectivity index (χ4n) is 4.85. The van der Waals surface area contributed by atoms with Crippen LogP contribution < -0.4 is 10.6 Å². The first-order chi connectivity index (χ1) is 16.6. The van der Waals surface area contributed by atoms with E-state index in [2.05, 4.69) is 22.8 Å². The highest BCUT2D eigenvalue weighted by Gasteiger charge is 2.45. The van der Waals surface area contributed by atoms with Gasteiger partial charge in [-0.15, -0.1) is 0 Å². The smallest absolute Gasteiger partial charge is 0.407 e. The number of rotatable bonds is 6. The summed E-state index contributed by atoms with van der Waals surface area (Å²) < 4.78 is 10.9. The summed E-state index contributed by atoms with van der Waals surface area (Å²) in [7, 11) is 0. The van der Waals surface area contributed by atoms with E-state index in [1.54, 1.807) is 20.8 Å². The van der Waals surface area contributed by atoms with E-state index in [-0.39, 0.29) is 38.6 Å². The molecule has 1 aliphatic carbocycles. The second kappa shape index (κ2) is 9.70. The molecular weight excluding hydrogens is 448 g/mol. The van der Waals surface area contributed by atoms with Crippen LogP contribution in [0, 0.1) is 5.41 Å². The molecule has 35 heavy (non-hydrogen) atoms. The number of carboxylic acids is 1. The van der Waals surface area contributed by atoms with E-state index in [1.165, 1.54) is 0 Å². The van der Waals surface area contributed by atoms with E-state index in [0.29, 0.717) is 0 Å². The van der Waals surface area contributed by atoms with Crippen LogP contribution in [0.3, 0.4) is 0 Å². The normalized spacial score (nSPS) is 17.6. The number of nitrogens with one attached hydrogen (secondary N) is 2. The zero-order chi connectivity index (χ0) is 25.2. The number of fused-ring (bicyclic) bond motifs is 3. The van der Waals surface area contributed by atoms with Gasteiger partial charge in [0.2, 0.25) is 5.91 Å². The Morgan fingerprint density at radius 3 is 2.09 bits per heavy atom. The maximum Gasteiger partial charge on any atom is 0.407 e. The lowest BCUT2D eigenvalue weighted by Crippen LogP contribution is -2.63. The third kappa shape index (κ3) is 5.03. The molecule has 4 rings (SSSR count). The molecule has 8 nitrogen and oxygen atoms in total. The third-order valence-electron chi connectivity index (χ3n) is 6.85. The van der Waals surface area contributed by atoms with Gasteiger partial charge >= 0.3 is 12.1 Å². The molecule has 8 heteroatoms. The van der Waals surface area contributed by atoms with Crippen LogP contribution in [0.15, 0.2) is 48.5 Å². The monoisotopic (exact) mass is 480 g/mol. The number of alkyl carbamates (subject to hydrolysis) is 1. The minimum atomic E-state index is -1.41. The fraction of sp³-hybridized carbons (Fsp3) is 0.444. The molecule has 1 heterocycles. The molecule has 1 atom stereocenters. The Hall–Kier alpha value is -3.39. The average Bonchev–Trinajstić information content (AvgIpc) is 3.14. The van der Waals surface area contributed by atoms with Crippen molar-refractivity contribution in [2.45, 2.75) is 51.1 Å². The Morgan fingerprint density at radius 2 is 1.57 bits per heavy atom. The summed E-state index contributed by atoms with van der Waals surface area (Å²) in [6.07, 6.45) is -0.399. The molecule has 0 spiro atoms. The van der Waals surface area contributed by atoms with E-state index < -0.39 is 35.0 Å². The first-order valence-corrected chi connectivity index (χ1v) is 11.9. The van der Waals surface area contributed by atoms with Gasteiger partial charge in [-0.1, -0.05) is 69.3 Å². The number of benzene rings is 2. The predicted molar refractivity (Wildman–Crippen MR) is 130 cm³/mol. The van der Waals surface area contributed by atoms with E-state index in [0.717, 1.165) is 22.3 Å². The van der Waals surface area contributed by atoms with Crippen molar-refractivity contribution in [2.75, 3.05) is 19.8 Å². The van der Waals surface area contributed by atoms with Gasteiger partial charge in [-0.25, -0.2) is 9.59 Å². The van der Waals surface area contributed by atoms with Crippen molar-refractivity contribution in [1.82, 2.24) is 10.6 Å². The van der Waals surface area contributed by atoms with Crippen molar-refractivity contribution in [1.29, 1.82) is 0 Å². The summed E-state index contributed by atoms with van der Waals surface area (Å²) in [5, 5.41) is 15.1. The number of hydrogen-bond donors (Lipinski definition) is 3. The lowest BCUT2D eigenvalue weighted by Gasteiger charge is -2.37. The molecule has 1 aliphatic heterocycles. The van der Waals surface area contributed by atoms with Crippen molar-refractivity contribution in [3.63, 3.8) is 0 Å². The quantitative estimate of drug-likeness (QED) is 0.581. The van der Waals surface area contributed by atoms with Crippen LogP contribution in [0.2, 0.25) is 0 Å². The molecule has 3 N–H and O–H groups in total. The number of hydrogen-bond acceptors (Lipinski definition) is 5. The van der Waals surface area contributed by atoms with Crippen LogP contribution in [0.4, 0.5) is 4.79 Å². The van der Waals surface area contributed by atoms with Crippen LogP contribution >= 0.6 is 0 Å². The topological polar surface area (TPSA) is 114 Å². The summed E-state index contributed by atoms with van der Waals surface area (Å²) in [6.45, 7) is 6.02. The van der Waals surface area contributed by atoms with Crippen molar-refractivity contribution < 1.29 is 29.0 Å².